The molecule has 136 valence electrons. The molecule has 0 radical (unpaired) electrons. The van der Waals surface area contributed by atoms with Gasteiger partial charge in [0.15, 0.2) is 0 Å². The van der Waals surface area contributed by atoms with Gasteiger partial charge in [-0.25, -0.2) is 10.5 Å². The fourth-order valence-corrected chi connectivity index (χ4v) is 2.98. The van der Waals surface area contributed by atoms with Gasteiger partial charge in [-0.2, -0.15) is 0 Å². The Morgan fingerprint density at radius 3 is 2.69 bits per heavy atom. The number of aromatic nitrogens is 2. The van der Waals surface area contributed by atoms with E-state index in [9.17, 15) is 9.59 Å². The lowest BCUT2D eigenvalue weighted by atomic mass is 10.1. The summed E-state index contributed by atoms with van der Waals surface area (Å²) in [4.78, 5) is 30.6. The van der Waals surface area contributed by atoms with Crippen LogP contribution in [-0.4, -0.2) is 27.2 Å². The molecule has 1 aliphatic rings. The average Bonchev–Trinajstić information content (AvgIpc) is 3.04. The average molecular weight is 354 g/mol. The number of carbonyl (C=O) groups excluding carboxylic acids is 1. The number of rotatable bonds is 5. The van der Waals surface area contributed by atoms with Crippen LogP contribution in [0.2, 0.25) is 0 Å². The Labute approximate surface area is 151 Å². The second kappa shape index (κ2) is 7.53. The summed E-state index contributed by atoms with van der Waals surface area (Å²) in [7, 11) is 0. The first kappa shape index (κ1) is 17.9. The van der Waals surface area contributed by atoms with Crippen LogP contribution in [-0.2, 0) is 19.5 Å². The number of nitrogens with one attached hydrogen (secondary N) is 1. The molecule has 1 amide bonds. The Morgan fingerprint density at radius 2 is 2.04 bits per heavy atom. The number of allylic oxidation sites excluding steroid dienone is 2. The van der Waals surface area contributed by atoms with E-state index < -0.39 is 5.91 Å². The van der Waals surface area contributed by atoms with Gasteiger partial charge in [0.05, 0.1) is 5.56 Å². The molecule has 0 saturated heterocycles. The van der Waals surface area contributed by atoms with E-state index in [1.807, 2.05) is 32.1 Å². The van der Waals surface area contributed by atoms with Gasteiger partial charge in [0.2, 0.25) is 0 Å². The molecule has 0 bridgehead atoms. The van der Waals surface area contributed by atoms with Crippen molar-refractivity contribution in [3.8, 4) is 0 Å². The van der Waals surface area contributed by atoms with E-state index in [2.05, 4.69) is 9.88 Å². The predicted molar refractivity (Wildman–Crippen MR) is 98.4 cm³/mol. The minimum Gasteiger partial charge on any atom is -0.352 e. The lowest BCUT2D eigenvalue weighted by molar-refractivity contribution is 0.0706. The van der Waals surface area contributed by atoms with Crippen LogP contribution in [0, 0.1) is 0 Å². The van der Waals surface area contributed by atoms with Crippen molar-refractivity contribution in [2.75, 3.05) is 11.4 Å². The van der Waals surface area contributed by atoms with Crippen molar-refractivity contribution in [2.45, 2.75) is 33.4 Å². The summed E-state index contributed by atoms with van der Waals surface area (Å²) >= 11 is 0. The lowest BCUT2D eigenvalue weighted by Crippen LogP contribution is -2.25. The van der Waals surface area contributed by atoms with E-state index in [1.165, 1.54) is 0 Å². The van der Waals surface area contributed by atoms with E-state index in [1.54, 1.807) is 28.5 Å². The Hall–Kier alpha value is -2.93. The van der Waals surface area contributed by atoms with Crippen molar-refractivity contribution < 1.29 is 10.0 Å². The smallest absolute Gasteiger partial charge is 0.274 e. The number of hydroxylamine groups is 1. The normalized spacial score (nSPS) is 12.7. The maximum Gasteiger partial charge on any atom is 0.274 e. The summed E-state index contributed by atoms with van der Waals surface area (Å²) < 4.78 is 1.64. The van der Waals surface area contributed by atoms with Crippen LogP contribution in [0.25, 0.3) is 0 Å². The Kier molecular flexibility index (Phi) is 5.18. The quantitative estimate of drug-likeness (QED) is 0.486. The van der Waals surface area contributed by atoms with Gasteiger partial charge < -0.3 is 4.90 Å². The molecule has 0 aliphatic carbocycles. The molecule has 0 spiro atoms. The molecular weight excluding hydrogens is 332 g/mol. The number of anilines is 1. The molecule has 0 unspecified atom stereocenters. The number of nitrogens with zero attached hydrogens (tertiary/aromatic N) is 3. The second-order valence-corrected chi connectivity index (χ2v) is 6.60. The van der Waals surface area contributed by atoms with Crippen LogP contribution in [0.15, 0.2) is 47.0 Å². The van der Waals surface area contributed by atoms with Gasteiger partial charge in [0.25, 0.3) is 11.5 Å². The van der Waals surface area contributed by atoms with Gasteiger partial charge >= 0.3 is 0 Å². The summed E-state index contributed by atoms with van der Waals surface area (Å²) in [5, 5.41) is 8.66. The molecule has 0 saturated carbocycles. The van der Waals surface area contributed by atoms with Gasteiger partial charge in [0.1, 0.15) is 12.1 Å². The van der Waals surface area contributed by atoms with E-state index in [-0.39, 0.29) is 5.56 Å². The van der Waals surface area contributed by atoms with Crippen LogP contribution in [0.5, 0.6) is 0 Å². The molecule has 7 heteroatoms. The highest BCUT2D eigenvalue weighted by Crippen LogP contribution is 2.24. The lowest BCUT2D eigenvalue weighted by Gasteiger charge is -2.18. The fraction of sp³-hybridized carbons (Fsp3) is 0.316. The van der Waals surface area contributed by atoms with Crippen molar-refractivity contribution in [3.63, 3.8) is 0 Å². The first-order chi connectivity index (χ1) is 12.5. The standard InChI is InChI=1S/C19H22N4O3/c1-13(2)7-9-23-12-20-17-16(19(23)25)8-10-22(17)11-14-3-5-15(6-4-14)18(24)21-26/h3-7,12,26H,8-11H2,1-2H3,(H,21,24). The molecule has 3 rings (SSSR count). The van der Waals surface area contributed by atoms with Crippen LogP contribution in [0.1, 0.15) is 35.3 Å². The molecule has 2 N–H and O–H groups in total. The third kappa shape index (κ3) is 3.67. The molecule has 1 aromatic heterocycles. The third-order valence-electron chi connectivity index (χ3n) is 4.43. The topological polar surface area (TPSA) is 87.5 Å². The fourth-order valence-electron chi connectivity index (χ4n) is 2.98. The highest BCUT2D eigenvalue weighted by molar-refractivity contribution is 5.93. The third-order valence-corrected chi connectivity index (χ3v) is 4.43. The number of hydrogen-bond acceptors (Lipinski definition) is 5. The molecule has 2 heterocycles. The number of benzene rings is 1. The predicted octanol–water partition coefficient (Wildman–Crippen LogP) is 1.89. The summed E-state index contributed by atoms with van der Waals surface area (Å²) in [6.07, 6.45) is 4.29. The van der Waals surface area contributed by atoms with E-state index in [4.69, 9.17) is 5.21 Å². The zero-order valence-corrected chi connectivity index (χ0v) is 14.9. The molecule has 1 aliphatic heterocycles. The summed E-state index contributed by atoms with van der Waals surface area (Å²) in [6.45, 7) is 5.89. The minimum atomic E-state index is -0.540. The molecule has 2 aromatic rings. The second-order valence-electron chi connectivity index (χ2n) is 6.60. The molecule has 0 fully saturated rings. The van der Waals surface area contributed by atoms with Crippen LogP contribution < -0.4 is 15.9 Å². The number of carbonyl (C=O) groups is 1. The highest BCUT2D eigenvalue weighted by atomic mass is 16.5. The van der Waals surface area contributed by atoms with Gasteiger partial charge in [-0.15, -0.1) is 0 Å². The van der Waals surface area contributed by atoms with E-state index in [0.29, 0.717) is 25.1 Å². The van der Waals surface area contributed by atoms with Gasteiger partial charge in [-0.05, 0) is 38.0 Å². The van der Waals surface area contributed by atoms with Gasteiger partial charge in [-0.3, -0.25) is 19.4 Å². The maximum atomic E-state index is 12.6. The summed E-state index contributed by atoms with van der Waals surface area (Å²) in [5.74, 6) is 0.197. The van der Waals surface area contributed by atoms with Crippen molar-refractivity contribution in [1.82, 2.24) is 15.0 Å². The maximum absolute atomic E-state index is 12.6. The molecule has 7 nitrogen and oxygen atoms in total. The van der Waals surface area contributed by atoms with Gasteiger partial charge in [-0.1, -0.05) is 23.8 Å². The summed E-state index contributed by atoms with van der Waals surface area (Å²) in [5.41, 5.74) is 4.94. The van der Waals surface area contributed by atoms with Gasteiger partial charge in [0, 0.05) is 25.2 Å². The largest absolute Gasteiger partial charge is 0.352 e. The Morgan fingerprint density at radius 1 is 1.31 bits per heavy atom. The molecule has 1 aromatic carbocycles. The SMILES string of the molecule is CC(C)=CCn1cnc2c(c1=O)CCN2Cc1ccc(C(=O)NO)cc1. The number of amides is 1. The monoisotopic (exact) mass is 354 g/mol. The molecule has 26 heavy (non-hydrogen) atoms. The summed E-state index contributed by atoms with van der Waals surface area (Å²) in [6, 6.07) is 6.97. The Balaban J connectivity index is 1.77. The van der Waals surface area contributed by atoms with Crippen LogP contribution in [0.3, 0.4) is 0 Å². The van der Waals surface area contributed by atoms with Crippen molar-refractivity contribution in [1.29, 1.82) is 0 Å². The van der Waals surface area contributed by atoms with Crippen molar-refractivity contribution >= 4 is 11.7 Å². The van der Waals surface area contributed by atoms with Crippen LogP contribution in [0.4, 0.5) is 5.82 Å². The van der Waals surface area contributed by atoms with Crippen molar-refractivity contribution in [2.24, 2.45) is 0 Å². The zero-order valence-electron chi connectivity index (χ0n) is 14.9. The highest BCUT2D eigenvalue weighted by Gasteiger charge is 2.24. The zero-order chi connectivity index (χ0) is 18.7. The number of hydrogen-bond donors (Lipinski definition) is 2. The first-order valence-corrected chi connectivity index (χ1v) is 8.49. The molecule has 0 atom stereocenters. The van der Waals surface area contributed by atoms with E-state index in [0.717, 1.165) is 29.1 Å². The Bertz CT molecular complexity index is 896. The van der Waals surface area contributed by atoms with Crippen molar-refractivity contribution in [3.05, 3.63) is 69.3 Å². The minimum absolute atomic E-state index is 0.0185. The van der Waals surface area contributed by atoms with E-state index >= 15 is 0 Å². The molecular formula is C19H22N4O3. The van der Waals surface area contributed by atoms with Crippen LogP contribution >= 0.6 is 0 Å². The first-order valence-electron chi connectivity index (χ1n) is 8.49. The number of fused-ring (bicyclic) bond motifs is 1.